The van der Waals surface area contributed by atoms with Gasteiger partial charge in [0.15, 0.2) is 0 Å². The van der Waals surface area contributed by atoms with Crippen molar-refractivity contribution in [3.8, 4) is 17.0 Å². The lowest BCUT2D eigenvalue weighted by atomic mass is 10.1. The first-order chi connectivity index (χ1) is 11.0. The highest BCUT2D eigenvalue weighted by molar-refractivity contribution is 5.87. The molecule has 2 heterocycles. The molecule has 7 heteroatoms. The average Bonchev–Trinajstić information content (AvgIpc) is 2.99. The zero-order valence-corrected chi connectivity index (χ0v) is 12.2. The van der Waals surface area contributed by atoms with Gasteiger partial charge in [-0.3, -0.25) is 0 Å². The highest BCUT2D eigenvalue weighted by atomic mass is 16.4. The van der Waals surface area contributed by atoms with Gasteiger partial charge < -0.3 is 20.5 Å². The Bertz CT molecular complexity index is 873. The van der Waals surface area contributed by atoms with Crippen LogP contribution < -0.4 is 5.32 Å². The summed E-state index contributed by atoms with van der Waals surface area (Å²) in [7, 11) is 0. The maximum absolute atomic E-state index is 11.0. The highest BCUT2D eigenvalue weighted by Crippen LogP contribution is 2.24. The fraction of sp³-hybridized carbons (Fsp3) is 0.0625. The van der Waals surface area contributed by atoms with Gasteiger partial charge >= 0.3 is 5.97 Å². The number of carboxylic acid groups (broad SMARTS) is 1. The molecule has 2 aromatic heterocycles. The molecule has 0 radical (unpaired) electrons. The molecule has 0 aliphatic carbocycles. The van der Waals surface area contributed by atoms with Gasteiger partial charge in [-0.15, -0.1) is 0 Å². The summed E-state index contributed by atoms with van der Waals surface area (Å²) >= 11 is 0. The van der Waals surface area contributed by atoms with Gasteiger partial charge in [0, 0.05) is 29.7 Å². The first kappa shape index (κ1) is 14.6. The smallest absolute Gasteiger partial charge is 0.352 e. The van der Waals surface area contributed by atoms with E-state index in [1.165, 1.54) is 6.07 Å². The number of H-pyrrole nitrogens is 1. The van der Waals surface area contributed by atoms with E-state index >= 15 is 0 Å². The number of aryl methyl sites for hydroxylation is 1. The molecule has 0 saturated heterocycles. The van der Waals surface area contributed by atoms with E-state index < -0.39 is 5.97 Å². The van der Waals surface area contributed by atoms with Gasteiger partial charge in [0.25, 0.3) is 0 Å². The number of nitrogens with one attached hydrogen (secondary N) is 2. The minimum absolute atomic E-state index is 0.0977. The third-order valence-corrected chi connectivity index (χ3v) is 3.26. The van der Waals surface area contributed by atoms with Crippen LogP contribution in [0.1, 0.15) is 16.1 Å². The van der Waals surface area contributed by atoms with E-state index in [2.05, 4.69) is 20.3 Å². The van der Waals surface area contributed by atoms with Crippen LogP contribution in [-0.4, -0.2) is 31.1 Å². The van der Waals surface area contributed by atoms with E-state index in [4.69, 9.17) is 5.11 Å². The molecule has 0 saturated carbocycles. The summed E-state index contributed by atoms with van der Waals surface area (Å²) < 4.78 is 0. The second kappa shape index (κ2) is 5.80. The van der Waals surface area contributed by atoms with Crippen LogP contribution in [0.25, 0.3) is 11.3 Å². The van der Waals surface area contributed by atoms with E-state index in [0.717, 1.165) is 5.56 Å². The lowest BCUT2D eigenvalue weighted by Gasteiger charge is -2.08. The predicted octanol–water partition coefficient (Wildman–Crippen LogP) is 2.93. The van der Waals surface area contributed by atoms with Gasteiger partial charge in [-0.25, -0.2) is 14.8 Å². The molecule has 3 aromatic rings. The number of phenolic OH excluding ortho intramolecular Hbond substituents is 1. The molecule has 0 spiro atoms. The van der Waals surface area contributed by atoms with Crippen LogP contribution in [0.3, 0.4) is 0 Å². The number of hydrogen-bond donors (Lipinski definition) is 4. The number of anilines is 2. The second-order valence-electron chi connectivity index (χ2n) is 5.01. The van der Waals surface area contributed by atoms with Crippen molar-refractivity contribution in [1.29, 1.82) is 0 Å². The summed E-state index contributed by atoms with van der Waals surface area (Å²) in [6.07, 6.45) is 3.25. The van der Waals surface area contributed by atoms with Crippen molar-refractivity contribution in [1.82, 2.24) is 15.0 Å². The summed E-state index contributed by atoms with van der Waals surface area (Å²) in [5.41, 5.74) is 2.87. The van der Waals surface area contributed by atoms with Crippen LogP contribution in [0.15, 0.2) is 42.7 Å². The largest absolute Gasteiger partial charge is 0.508 e. The number of aromatic nitrogens is 3. The van der Waals surface area contributed by atoms with Crippen molar-refractivity contribution < 1.29 is 15.0 Å². The number of benzene rings is 1. The zero-order chi connectivity index (χ0) is 16.4. The van der Waals surface area contributed by atoms with Crippen molar-refractivity contribution >= 4 is 17.6 Å². The molecule has 1 aromatic carbocycles. The summed E-state index contributed by atoms with van der Waals surface area (Å²) in [6, 6.07) is 8.14. The Morgan fingerprint density at radius 1 is 1.30 bits per heavy atom. The molecule has 0 aliphatic rings. The van der Waals surface area contributed by atoms with Crippen molar-refractivity contribution in [3.63, 3.8) is 0 Å². The number of carboxylic acids is 1. The number of aromatic hydroxyl groups is 1. The third-order valence-electron chi connectivity index (χ3n) is 3.26. The maximum atomic E-state index is 11.0. The minimum Gasteiger partial charge on any atom is -0.508 e. The monoisotopic (exact) mass is 310 g/mol. The Morgan fingerprint density at radius 2 is 2.13 bits per heavy atom. The molecule has 0 atom stereocenters. The zero-order valence-electron chi connectivity index (χ0n) is 12.2. The van der Waals surface area contributed by atoms with E-state index in [1.54, 1.807) is 36.7 Å². The molecule has 0 aliphatic heterocycles. The van der Waals surface area contributed by atoms with Gasteiger partial charge in [0.05, 0.1) is 5.69 Å². The minimum atomic E-state index is -1.03. The summed E-state index contributed by atoms with van der Waals surface area (Å²) in [4.78, 5) is 22.3. The van der Waals surface area contributed by atoms with Crippen LogP contribution in [-0.2, 0) is 0 Å². The SMILES string of the molecule is Cc1cnc(Nc2cccc(O)c2)nc1-c1c[nH]c(C(=O)O)c1. The maximum Gasteiger partial charge on any atom is 0.352 e. The Balaban J connectivity index is 1.93. The Morgan fingerprint density at radius 3 is 2.83 bits per heavy atom. The molecule has 0 unspecified atom stereocenters. The topological polar surface area (TPSA) is 111 Å². The van der Waals surface area contributed by atoms with E-state index in [0.29, 0.717) is 22.9 Å². The molecule has 0 bridgehead atoms. The van der Waals surface area contributed by atoms with Gasteiger partial charge in [-0.1, -0.05) is 6.07 Å². The molecule has 0 fully saturated rings. The average molecular weight is 310 g/mol. The van der Waals surface area contributed by atoms with Gasteiger partial charge in [-0.05, 0) is 30.7 Å². The van der Waals surface area contributed by atoms with Crippen molar-refractivity contribution in [2.24, 2.45) is 0 Å². The number of rotatable bonds is 4. The summed E-state index contributed by atoms with van der Waals surface area (Å²) in [6.45, 7) is 1.85. The molecule has 116 valence electrons. The molecule has 0 amide bonds. The number of phenols is 1. The van der Waals surface area contributed by atoms with Crippen molar-refractivity contribution in [2.45, 2.75) is 6.92 Å². The van der Waals surface area contributed by atoms with Crippen LogP contribution in [0, 0.1) is 6.92 Å². The fourth-order valence-corrected chi connectivity index (χ4v) is 2.16. The summed E-state index contributed by atoms with van der Waals surface area (Å²) in [5.74, 6) is -0.533. The Labute approximate surface area is 131 Å². The standard InChI is InChI=1S/C16H14N4O3/c1-9-7-18-16(19-11-3-2-4-12(21)6-11)20-14(9)10-5-13(15(22)23)17-8-10/h2-8,17,21H,1H3,(H,22,23)(H,18,19,20). The molecular weight excluding hydrogens is 296 g/mol. The van der Waals surface area contributed by atoms with E-state index in [9.17, 15) is 9.90 Å². The normalized spacial score (nSPS) is 10.5. The summed E-state index contributed by atoms with van der Waals surface area (Å²) in [5, 5.41) is 21.5. The number of carbonyl (C=O) groups is 1. The van der Waals surface area contributed by atoms with Crippen molar-refractivity contribution in [3.05, 3.63) is 54.0 Å². The van der Waals surface area contributed by atoms with Crippen LogP contribution in [0.5, 0.6) is 5.75 Å². The molecule has 23 heavy (non-hydrogen) atoms. The lowest BCUT2D eigenvalue weighted by molar-refractivity contribution is 0.0691. The lowest BCUT2D eigenvalue weighted by Crippen LogP contribution is -1.99. The number of nitrogens with zero attached hydrogens (tertiary/aromatic N) is 2. The molecular formula is C16H14N4O3. The van der Waals surface area contributed by atoms with E-state index in [1.807, 2.05) is 6.92 Å². The first-order valence-electron chi connectivity index (χ1n) is 6.85. The quantitative estimate of drug-likeness (QED) is 0.589. The molecule has 7 nitrogen and oxygen atoms in total. The Hall–Kier alpha value is -3.35. The van der Waals surface area contributed by atoms with Crippen LogP contribution in [0.2, 0.25) is 0 Å². The number of aromatic carboxylic acids is 1. The number of hydrogen-bond acceptors (Lipinski definition) is 5. The van der Waals surface area contributed by atoms with Gasteiger partial charge in [0.2, 0.25) is 5.95 Å². The molecule has 3 rings (SSSR count). The van der Waals surface area contributed by atoms with E-state index in [-0.39, 0.29) is 11.4 Å². The second-order valence-corrected chi connectivity index (χ2v) is 5.01. The third kappa shape index (κ3) is 3.13. The predicted molar refractivity (Wildman–Crippen MR) is 84.9 cm³/mol. The fourth-order valence-electron chi connectivity index (χ4n) is 2.16. The molecule has 4 N–H and O–H groups in total. The Kier molecular flexibility index (Phi) is 3.68. The van der Waals surface area contributed by atoms with Crippen LogP contribution in [0.4, 0.5) is 11.6 Å². The first-order valence-corrected chi connectivity index (χ1v) is 6.85. The highest BCUT2D eigenvalue weighted by Gasteiger charge is 2.12. The van der Waals surface area contributed by atoms with Gasteiger partial charge in [-0.2, -0.15) is 0 Å². The van der Waals surface area contributed by atoms with Crippen molar-refractivity contribution in [2.75, 3.05) is 5.32 Å². The number of aromatic amines is 1. The van der Waals surface area contributed by atoms with Gasteiger partial charge in [0.1, 0.15) is 11.4 Å². The van der Waals surface area contributed by atoms with Crippen LogP contribution >= 0.6 is 0 Å².